The van der Waals surface area contributed by atoms with Crippen LogP contribution >= 0.6 is 11.6 Å². The molecule has 5 nitrogen and oxygen atoms in total. The molecule has 2 aliphatic heterocycles. The average molecular weight is 439 g/mol. The van der Waals surface area contributed by atoms with E-state index in [1.807, 2.05) is 6.07 Å². The Labute approximate surface area is 187 Å². The lowest BCUT2D eigenvalue weighted by atomic mass is 9.86. The van der Waals surface area contributed by atoms with E-state index in [0.29, 0.717) is 23.2 Å². The van der Waals surface area contributed by atoms with E-state index in [-0.39, 0.29) is 18.5 Å². The van der Waals surface area contributed by atoms with Crippen LogP contribution in [0, 0.1) is 6.92 Å². The molecule has 1 unspecified atom stereocenters. The number of rotatable bonds is 4. The minimum absolute atomic E-state index is 0.228. The first-order chi connectivity index (χ1) is 15.0. The molecule has 2 heterocycles. The molecule has 0 aromatic heterocycles. The summed E-state index contributed by atoms with van der Waals surface area (Å²) in [5.74, 6) is -0.0727. The Morgan fingerprint density at radius 3 is 2.84 bits per heavy atom. The number of ether oxygens (including phenoxy) is 1. The molecule has 162 valence electrons. The van der Waals surface area contributed by atoms with Crippen molar-refractivity contribution >= 4 is 23.5 Å². The van der Waals surface area contributed by atoms with Gasteiger partial charge in [-0.1, -0.05) is 41.4 Å². The average Bonchev–Trinajstić information content (AvgIpc) is 3.14. The lowest BCUT2D eigenvalue weighted by molar-refractivity contribution is -0.138. The minimum Gasteiger partial charge on any atom is -0.457 e. The Bertz CT molecular complexity index is 1050. The highest BCUT2D eigenvalue weighted by Gasteiger charge is 2.32. The Balaban J connectivity index is 1.18. The number of aryl methyl sites for hydroxylation is 2. The van der Waals surface area contributed by atoms with E-state index < -0.39 is 0 Å². The van der Waals surface area contributed by atoms with E-state index in [1.165, 1.54) is 16.7 Å². The van der Waals surface area contributed by atoms with E-state index in [9.17, 15) is 9.59 Å². The van der Waals surface area contributed by atoms with Gasteiger partial charge in [0.25, 0.3) is 0 Å². The molecule has 1 amide bonds. The number of carbonyl (C=O) groups excluding carboxylic acids is 2. The molecule has 2 aromatic carbocycles. The monoisotopic (exact) mass is 438 g/mol. The summed E-state index contributed by atoms with van der Waals surface area (Å²) < 4.78 is 5.08. The summed E-state index contributed by atoms with van der Waals surface area (Å²) >= 11 is 6.52. The smallest absolute Gasteiger partial charge is 0.338 e. The van der Waals surface area contributed by atoms with Crippen LogP contribution in [0.2, 0.25) is 5.02 Å². The van der Waals surface area contributed by atoms with Gasteiger partial charge in [0.05, 0.1) is 17.1 Å². The number of fused-ring (bicyclic) bond motifs is 2. The fraction of sp³-hybridized carbons (Fsp3) is 0.440. The van der Waals surface area contributed by atoms with Crippen molar-refractivity contribution in [2.75, 3.05) is 26.2 Å². The van der Waals surface area contributed by atoms with Gasteiger partial charge in [-0.15, -0.1) is 0 Å². The highest BCUT2D eigenvalue weighted by Crippen LogP contribution is 2.31. The summed E-state index contributed by atoms with van der Waals surface area (Å²) in [6.45, 7) is 5.29. The molecule has 1 atom stereocenters. The number of cyclic esters (lactones) is 1. The number of hydrogen-bond donors (Lipinski definition) is 0. The Kier molecular flexibility index (Phi) is 5.49. The third-order valence-electron chi connectivity index (χ3n) is 6.93. The van der Waals surface area contributed by atoms with E-state index in [4.69, 9.17) is 16.3 Å². The SMILES string of the molecule is Cc1ccc2c(c1)CCC(N1CCN(CCc3ccc4c(c3Cl)COC4=O)CC1=O)C2. The van der Waals surface area contributed by atoms with E-state index >= 15 is 0 Å². The fourth-order valence-electron chi connectivity index (χ4n) is 5.13. The predicted octanol–water partition coefficient (Wildman–Crippen LogP) is 3.56. The van der Waals surface area contributed by atoms with Crippen molar-refractivity contribution in [2.45, 2.75) is 45.3 Å². The van der Waals surface area contributed by atoms with Gasteiger partial charge in [-0.05, 0) is 55.4 Å². The van der Waals surface area contributed by atoms with Gasteiger partial charge < -0.3 is 9.64 Å². The highest BCUT2D eigenvalue weighted by atomic mass is 35.5. The Hall–Kier alpha value is -2.37. The van der Waals surface area contributed by atoms with Gasteiger partial charge in [-0.3, -0.25) is 9.69 Å². The first-order valence-corrected chi connectivity index (χ1v) is 11.4. The summed E-state index contributed by atoms with van der Waals surface area (Å²) in [6, 6.07) is 10.7. The van der Waals surface area contributed by atoms with Crippen molar-refractivity contribution in [3.63, 3.8) is 0 Å². The molecular formula is C25H27ClN2O3. The standard InChI is InChI=1S/C25H27ClN2O3/c1-16-2-3-19-13-20(6-4-18(19)12-16)28-11-10-27(14-23(28)29)9-8-17-5-7-21-22(24(17)26)15-31-25(21)30/h2-3,5,7,12,20H,4,6,8-11,13-15H2,1H3. The van der Waals surface area contributed by atoms with Gasteiger partial charge in [0.2, 0.25) is 5.91 Å². The molecule has 1 saturated heterocycles. The zero-order valence-electron chi connectivity index (χ0n) is 17.8. The van der Waals surface area contributed by atoms with Crippen LogP contribution in [0.1, 0.15) is 44.6 Å². The second-order valence-corrected chi connectivity index (χ2v) is 9.30. The fourth-order valence-corrected chi connectivity index (χ4v) is 5.45. The van der Waals surface area contributed by atoms with Crippen molar-refractivity contribution in [1.82, 2.24) is 9.80 Å². The molecule has 1 fully saturated rings. The quantitative estimate of drug-likeness (QED) is 0.685. The summed E-state index contributed by atoms with van der Waals surface area (Å²) in [6.07, 6.45) is 3.82. The lowest BCUT2D eigenvalue weighted by Gasteiger charge is -2.41. The van der Waals surface area contributed by atoms with E-state index in [2.05, 4.69) is 34.9 Å². The zero-order chi connectivity index (χ0) is 21.5. The third kappa shape index (κ3) is 3.97. The van der Waals surface area contributed by atoms with Crippen LogP contribution in [0.5, 0.6) is 0 Å². The van der Waals surface area contributed by atoms with Gasteiger partial charge in [0.1, 0.15) is 6.61 Å². The summed E-state index contributed by atoms with van der Waals surface area (Å²) in [4.78, 5) is 28.9. The Morgan fingerprint density at radius 2 is 2.00 bits per heavy atom. The second kappa shape index (κ2) is 8.29. The molecule has 0 spiro atoms. The van der Waals surface area contributed by atoms with Crippen LogP contribution < -0.4 is 0 Å². The minimum atomic E-state index is -0.300. The highest BCUT2D eigenvalue weighted by molar-refractivity contribution is 6.32. The first kappa shape index (κ1) is 20.5. The molecule has 31 heavy (non-hydrogen) atoms. The summed E-state index contributed by atoms with van der Waals surface area (Å²) in [5.41, 5.74) is 6.52. The van der Waals surface area contributed by atoms with Crippen molar-refractivity contribution < 1.29 is 14.3 Å². The van der Waals surface area contributed by atoms with Gasteiger partial charge in [0, 0.05) is 31.2 Å². The van der Waals surface area contributed by atoms with Gasteiger partial charge in [0.15, 0.2) is 0 Å². The molecular weight excluding hydrogens is 412 g/mol. The maximum absolute atomic E-state index is 12.9. The largest absolute Gasteiger partial charge is 0.457 e. The van der Waals surface area contributed by atoms with Crippen LogP contribution in [0.3, 0.4) is 0 Å². The Morgan fingerprint density at radius 1 is 1.13 bits per heavy atom. The van der Waals surface area contributed by atoms with Crippen LogP contribution in [0.4, 0.5) is 0 Å². The molecule has 3 aliphatic rings. The van der Waals surface area contributed by atoms with Gasteiger partial charge in [-0.2, -0.15) is 0 Å². The van der Waals surface area contributed by atoms with Crippen LogP contribution in [-0.4, -0.2) is 53.9 Å². The van der Waals surface area contributed by atoms with Crippen LogP contribution in [0.25, 0.3) is 0 Å². The topological polar surface area (TPSA) is 49.9 Å². The molecule has 2 aromatic rings. The predicted molar refractivity (Wildman–Crippen MR) is 119 cm³/mol. The maximum Gasteiger partial charge on any atom is 0.338 e. The number of esters is 1. The normalized spacial score (nSPS) is 21.1. The molecule has 6 heteroatoms. The van der Waals surface area contributed by atoms with Crippen molar-refractivity contribution in [3.8, 4) is 0 Å². The van der Waals surface area contributed by atoms with Gasteiger partial charge >= 0.3 is 5.97 Å². The third-order valence-corrected chi connectivity index (χ3v) is 7.40. The number of hydrogen-bond acceptors (Lipinski definition) is 4. The van der Waals surface area contributed by atoms with Crippen molar-refractivity contribution in [3.05, 3.63) is 68.7 Å². The number of halogens is 1. The molecule has 0 N–H and O–H groups in total. The van der Waals surface area contributed by atoms with Crippen LogP contribution in [-0.2, 0) is 35.4 Å². The van der Waals surface area contributed by atoms with E-state index in [1.54, 1.807) is 6.07 Å². The molecule has 0 saturated carbocycles. The second-order valence-electron chi connectivity index (χ2n) is 8.92. The molecule has 0 bridgehead atoms. The molecule has 0 radical (unpaired) electrons. The van der Waals surface area contributed by atoms with Crippen LogP contribution in [0.15, 0.2) is 30.3 Å². The van der Waals surface area contributed by atoms with Gasteiger partial charge in [-0.25, -0.2) is 4.79 Å². The number of carbonyl (C=O) groups is 2. The first-order valence-electron chi connectivity index (χ1n) is 11.1. The molecule has 1 aliphatic carbocycles. The summed E-state index contributed by atoms with van der Waals surface area (Å²) in [5, 5.41) is 0.629. The zero-order valence-corrected chi connectivity index (χ0v) is 18.6. The lowest BCUT2D eigenvalue weighted by Crippen LogP contribution is -2.55. The number of nitrogens with zero attached hydrogens (tertiary/aromatic N) is 2. The number of benzene rings is 2. The van der Waals surface area contributed by atoms with Crippen molar-refractivity contribution in [1.29, 1.82) is 0 Å². The molecule has 5 rings (SSSR count). The summed E-state index contributed by atoms with van der Waals surface area (Å²) in [7, 11) is 0. The number of piperazine rings is 1. The number of amides is 1. The van der Waals surface area contributed by atoms with E-state index in [0.717, 1.165) is 56.4 Å². The van der Waals surface area contributed by atoms with Crippen molar-refractivity contribution in [2.24, 2.45) is 0 Å². The maximum atomic E-state index is 12.9.